The Morgan fingerprint density at radius 3 is 2.34 bits per heavy atom. The standard InChI is InChI=1S/C41H60N6O5S/c1-37(2)29(27-7-9-28(10-8-27)35(48)52-6)13-16-38(3)32(37)15-17-40(5)33(38)12-11-30-34-31(44-36(49)45-46-42)14-18-41(34,20-19-39(30,40)4)43-21-22-47-23-25-53(50,51)26-24-47/h7-10,13,30-34,43H,11-12,14-26H2,1-6H3,(H,44,49)/t30-,31-,32+,33-,34+,38+,39-,40-,41+/m1/s1. The lowest BCUT2D eigenvalue weighted by Crippen LogP contribution is -2.69. The van der Waals surface area contributed by atoms with E-state index in [1.807, 2.05) is 12.1 Å². The normalized spacial score (nSPS) is 39.9. The second kappa shape index (κ2) is 13.7. The highest BCUT2D eigenvalue weighted by molar-refractivity contribution is 7.91. The number of esters is 1. The van der Waals surface area contributed by atoms with E-state index >= 15 is 0 Å². The van der Waals surface area contributed by atoms with Crippen LogP contribution < -0.4 is 10.6 Å². The summed E-state index contributed by atoms with van der Waals surface area (Å²) >= 11 is 0. The Labute approximate surface area is 316 Å². The molecule has 1 aromatic carbocycles. The maximum absolute atomic E-state index is 12.8. The first-order chi connectivity index (χ1) is 25.0. The highest BCUT2D eigenvalue weighted by Gasteiger charge is 2.70. The average molecular weight is 749 g/mol. The highest BCUT2D eigenvalue weighted by Crippen LogP contribution is 2.76. The third-order valence-corrected chi connectivity index (χ3v) is 18.0. The SMILES string of the molecule is COC(=O)c1ccc(C2=CC[C@]3(C)[C@H]4CC[C@@H]5[C@H]6[C@H](NC(=O)N=[N+]=[N-])CC[C@]6(NCCN6CCS(=O)(=O)CC6)CC[C@@]5(C)[C@]4(C)CC[C@H]3C2(C)C)cc1. The zero-order valence-corrected chi connectivity index (χ0v) is 33.4. The number of ether oxygens (including phenoxy) is 1. The van der Waals surface area contributed by atoms with Gasteiger partial charge in [-0.1, -0.05) is 52.8 Å². The van der Waals surface area contributed by atoms with Gasteiger partial charge in [0.1, 0.15) is 0 Å². The Morgan fingerprint density at radius 1 is 0.943 bits per heavy atom. The van der Waals surface area contributed by atoms with Crippen molar-refractivity contribution >= 4 is 27.4 Å². The molecule has 9 atom stereocenters. The van der Waals surface area contributed by atoms with Gasteiger partial charge >= 0.3 is 12.0 Å². The first-order valence-electron chi connectivity index (χ1n) is 20.0. The zero-order chi connectivity index (χ0) is 38.0. The van der Waals surface area contributed by atoms with Gasteiger partial charge in [-0.2, -0.15) is 0 Å². The molecule has 11 nitrogen and oxygen atoms in total. The molecule has 1 saturated heterocycles. The molecule has 0 aromatic heterocycles. The summed E-state index contributed by atoms with van der Waals surface area (Å²) < 4.78 is 29.0. The minimum atomic E-state index is -2.93. The van der Waals surface area contributed by atoms with E-state index in [0.29, 0.717) is 36.4 Å². The van der Waals surface area contributed by atoms with Crippen molar-refractivity contribution in [1.29, 1.82) is 0 Å². The quantitative estimate of drug-likeness (QED) is 0.128. The number of rotatable bonds is 7. The van der Waals surface area contributed by atoms with Gasteiger partial charge in [-0.25, -0.2) is 13.2 Å². The van der Waals surface area contributed by atoms with Crippen LogP contribution in [0.25, 0.3) is 16.0 Å². The Balaban J connectivity index is 1.16. The van der Waals surface area contributed by atoms with Gasteiger partial charge in [-0.05, 0) is 126 Å². The van der Waals surface area contributed by atoms with Gasteiger partial charge in [0.2, 0.25) is 0 Å². The molecule has 12 heteroatoms. The first-order valence-corrected chi connectivity index (χ1v) is 21.8. The van der Waals surface area contributed by atoms with E-state index in [2.05, 4.69) is 78.4 Å². The first kappa shape index (κ1) is 38.4. The van der Waals surface area contributed by atoms with Crippen LogP contribution in [-0.2, 0) is 14.6 Å². The van der Waals surface area contributed by atoms with Gasteiger partial charge in [0.15, 0.2) is 9.84 Å². The van der Waals surface area contributed by atoms with Crippen LogP contribution in [0.2, 0.25) is 0 Å². The van der Waals surface area contributed by atoms with Crippen molar-refractivity contribution in [3.8, 4) is 0 Å². The molecule has 5 fully saturated rings. The van der Waals surface area contributed by atoms with Crippen LogP contribution in [-0.4, -0.2) is 81.7 Å². The number of methoxy groups -OCH3 is 1. The van der Waals surface area contributed by atoms with Crippen molar-refractivity contribution in [3.05, 3.63) is 51.9 Å². The molecule has 1 heterocycles. The van der Waals surface area contributed by atoms with Crippen LogP contribution in [0.1, 0.15) is 108 Å². The summed E-state index contributed by atoms with van der Waals surface area (Å²) in [6.07, 6.45) is 12.1. The number of allylic oxidation sites excluding steroid dienone is 2. The van der Waals surface area contributed by atoms with Crippen molar-refractivity contribution in [3.63, 3.8) is 0 Å². The summed E-state index contributed by atoms with van der Waals surface area (Å²) in [5.41, 5.74) is 12.4. The molecule has 53 heavy (non-hydrogen) atoms. The molecule has 290 valence electrons. The number of sulfone groups is 1. The lowest BCUT2D eigenvalue weighted by Gasteiger charge is -2.72. The monoisotopic (exact) mass is 748 g/mol. The van der Waals surface area contributed by atoms with E-state index in [0.717, 1.165) is 64.5 Å². The molecule has 1 aromatic rings. The minimum Gasteiger partial charge on any atom is -0.465 e. The lowest BCUT2D eigenvalue weighted by atomic mass is 9.33. The second-order valence-corrected chi connectivity index (χ2v) is 21.0. The molecule has 0 radical (unpaired) electrons. The van der Waals surface area contributed by atoms with Crippen molar-refractivity contribution in [1.82, 2.24) is 15.5 Å². The largest absolute Gasteiger partial charge is 0.465 e. The molecule has 6 aliphatic rings. The number of hydrogen-bond acceptors (Lipinski definition) is 7. The zero-order valence-electron chi connectivity index (χ0n) is 32.6. The molecule has 7 rings (SSSR count). The minimum absolute atomic E-state index is 0.0366. The number of carbonyl (C=O) groups is 2. The fraction of sp³-hybridized carbons (Fsp3) is 0.756. The smallest absolute Gasteiger partial charge is 0.337 e. The third-order valence-electron chi connectivity index (χ3n) is 16.4. The van der Waals surface area contributed by atoms with Crippen LogP contribution >= 0.6 is 0 Å². The van der Waals surface area contributed by atoms with Crippen molar-refractivity contribution in [2.45, 2.75) is 104 Å². The summed E-state index contributed by atoms with van der Waals surface area (Å²) in [5, 5.41) is 10.7. The van der Waals surface area contributed by atoms with E-state index < -0.39 is 15.9 Å². The summed E-state index contributed by atoms with van der Waals surface area (Å²) in [6.45, 7) is 15.4. The number of nitrogens with one attached hydrogen (secondary N) is 2. The van der Waals surface area contributed by atoms with Gasteiger partial charge in [-0.15, -0.1) is 0 Å². The molecule has 5 aliphatic carbocycles. The molecule has 1 aliphatic heterocycles. The Hall–Kier alpha value is -2.92. The van der Waals surface area contributed by atoms with Gasteiger partial charge in [0.25, 0.3) is 0 Å². The van der Waals surface area contributed by atoms with Gasteiger partial charge in [0, 0.05) is 53.7 Å². The van der Waals surface area contributed by atoms with E-state index in [1.54, 1.807) is 0 Å². The van der Waals surface area contributed by atoms with Gasteiger partial charge in [-0.3, -0.25) is 4.79 Å². The fourth-order valence-electron chi connectivity index (χ4n) is 13.7. The number of carbonyl (C=O) groups excluding carboxylic acids is 2. The van der Waals surface area contributed by atoms with Crippen molar-refractivity contribution < 1.29 is 22.7 Å². The Bertz CT molecular complexity index is 1790. The predicted molar refractivity (Wildman–Crippen MR) is 207 cm³/mol. The van der Waals surface area contributed by atoms with Crippen LogP contribution in [0, 0.1) is 45.3 Å². The molecule has 0 unspecified atom stereocenters. The number of nitrogens with zero attached hydrogens (tertiary/aromatic N) is 4. The number of fused-ring (bicyclic) bond motifs is 7. The van der Waals surface area contributed by atoms with Crippen molar-refractivity contribution in [2.24, 2.45) is 50.4 Å². The molecular formula is C41H60N6O5S. The predicted octanol–water partition coefficient (Wildman–Crippen LogP) is 7.39. The fourth-order valence-corrected chi connectivity index (χ4v) is 15.0. The van der Waals surface area contributed by atoms with Crippen LogP contribution in [0.5, 0.6) is 0 Å². The highest BCUT2D eigenvalue weighted by atomic mass is 32.2. The van der Waals surface area contributed by atoms with E-state index in [-0.39, 0.29) is 56.6 Å². The number of hydrogen-bond donors (Lipinski definition) is 2. The second-order valence-electron chi connectivity index (χ2n) is 18.7. The molecule has 0 spiro atoms. The van der Waals surface area contributed by atoms with Crippen LogP contribution in [0.3, 0.4) is 0 Å². The van der Waals surface area contributed by atoms with Crippen LogP contribution in [0.15, 0.2) is 35.5 Å². The van der Waals surface area contributed by atoms with Gasteiger partial charge < -0.3 is 20.3 Å². The summed E-state index contributed by atoms with van der Waals surface area (Å²) in [6, 6.07) is 7.28. The molecule has 0 bridgehead atoms. The van der Waals surface area contributed by atoms with E-state index in [4.69, 9.17) is 10.3 Å². The average Bonchev–Trinajstić information content (AvgIpc) is 3.46. The van der Waals surface area contributed by atoms with E-state index in [1.165, 1.54) is 24.7 Å². The summed E-state index contributed by atoms with van der Waals surface area (Å²) in [5.74, 6) is 1.84. The number of azide groups is 1. The Morgan fingerprint density at radius 2 is 1.66 bits per heavy atom. The van der Waals surface area contributed by atoms with Crippen molar-refractivity contribution in [2.75, 3.05) is 44.8 Å². The Kier molecular flexibility index (Phi) is 9.90. The van der Waals surface area contributed by atoms with Crippen LogP contribution in [0.4, 0.5) is 4.79 Å². The van der Waals surface area contributed by atoms with E-state index in [9.17, 15) is 18.0 Å². The molecule has 4 saturated carbocycles. The summed E-state index contributed by atoms with van der Waals surface area (Å²) in [4.78, 5) is 30.0. The number of amides is 2. The lowest BCUT2D eigenvalue weighted by molar-refractivity contribution is -0.218. The maximum Gasteiger partial charge on any atom is 0.337 e. The van der Waals surface area contributed by atoms with Gasteiger partial charge in [0.05, 0.1) is 24.2 Å². The molecule has 2 N–H and O–H groups in total. The maximum atomic E-state index is 12.8. The third kappa shape index (κ3) is 6.24. The molecule has 2 amide bonds. The molecular weight excluding hydrogens is 689 g/mol. The number of benzene rings is 1. The topological polar surface area (TPSA) is 154 Å². The number of urea groups is 1. The summed E-state index contributed by atoms with van der Waals surface area (Å²) in [7, 11) is -1.51.